The highest BCUT2D eigenvalue weighted by Crippen LogP contribution is 2.37. The van der Waals surface area contributed by atoms with Crippen molar-refractivity contribution in [2.24, 2.45) is 5.92 Å². The van der Waals surface area contributed by atoms with Crippen molar-refractivity contribution in [3.63, 3.8) is 0 Å². The van der Waals surface area contributed by atoms with Crippen molar-refractivity contribution in [3.05, 3.63) is 48.0 Å². The van der Waals surface area contributed by atoms with Crippen LogP contribution in [0.3, 0.4) is 0 Å². The van der Waals surface area contributed by atoms with Crippen molar-refractivity contribution in [2.75, 3.05) is 31.1 Å². The number of oxazole rings is 1. The van der Waals surface area contributed by atoms with Gasteiger partial charge in [0.2, 0.25) is 0 Å². The van der Waals surface area contributed by atoms with Crippen molar-refractivity contribution in [2.45, 2.75) is 50.4 Å². The Labute approximate surface area is 206 Å². The zero-order chi connectivity index (χ0) is 24.4. The molecule has 5 rings (SSSR count). The third kappa shape index (κ3) is 5.48. The van der Waals surface area contributed by atoms with E-state index in [0.29, 0.717) is 31.2 Å². The number of hydrogen-bond donors (Lipinski definition) is 1. The van der Waals surface area contributed by atoms with Crippen molar-refractivity contribution in [3.8, 4) is 0 Å². The van der Waals surface area contributed by atoms with E-state index in [4.69, 9.17) is 4.42 Å². The van der Waals surface area contributed by atoms with Gasteiger partial charge in [-0.1, -0.05) is 6.07 Å². The van der Waals surface area contributed by atoms with Crippen LogP contribution in [0, 0.1) is 5.92 Å². The van der Waals surface area contributed by atoms with Crippen LogP contribution in [0.4, 0.5) is 18.9 Å². The molecule has 1 aliphatic carbocycles. The summed E-state index contributed by atoms with van der Waals surface area (Å²) >= 11 is 1.55. The van der Waals surface area contributed by atoms with Gasteiger partial charge in [0.15, 0.2) is 0 Å². The van der Waals surface area contributed by atoms with Crippen LogP contribution in [0.1, 0.15) is 42.8 Å². The van der Waals surface area contributed by atoms with Gasteiger partial charge in [-0.2, -0.15) is 13.2 Å². The largest absolute Gasteiger partial charge is 0.441 e. The number of carbonyl (C=O) groups is 1. The molecule has 1 aromatic carbocycles. The maximum Gasteiger partial charge on any atom is 0.409 e. The monoisotopic (exact) mass is 506 g/mol. The highest BCUT2D eigenvalue weighted by Gasteiger charge is 2.47. The smallest absolute Gasteiger partial charge is 0.409 e. The number of halogens is 3. The summed E-state index contributed by atoms with van der Waals surface area (Å²) in [6.45, 7) is 1.64. The lowest BCUT2D eigenvalue weighted by atomic mass is 9.84. The third-order valence-electron chi connectivity index (χ3n) is 7.29. The Morgan fingerprint density at radius 3 is 2.74 bits per heavy atom. The molecule has 1 atom stereocenters. The molecule has 2 aliphatic rings. The molecule has 0 spiro atoms. The number of benzene rings is 1. The maximum absolute atomic E-state index is 14.1. The summed E-state index contributed by atoms with van der Waals surface area (Å²) in [4.78, 5) is 19.5. The van der Waals surface area contributed by atoms with Gasteiger partial charge in [-0.05, 0) is 68.1 Å². The molecular formula is C25H29F3N4O2S. The third-order valence-corrected chi connectivity index (χ3v) is 8.17. The van der Waals surface area contributed by atoms with E-state index in [-0.39, 0.29) is 24.4 Å². The zero-order valence-electron chi connectivity index (χ0n) is 19.3. The number of nitrogens with zero attached hydrogens (tertiary/aromatic N) is 3. The van der Waals surface area contributed by atoms with Crippen molar-refractivity contribution < 1.29 is 22.4 Å². The molecule has 3 aromatic rings. The summed E-state index contributed by atoms with van der Waals surface area (Å²) in [5.74, 6) is 0.236. The first-order chi connectivity index (χ1) is 16.9. The van der Waals surface area contributed by atoms with Crippen molar-refractivity contribution >= 4 is 33.0 Å². The molecular weight excluding hydrogens is 477 g/mol. The van der Waals surface area contributed by atoms with Gasteiger partial charge in [-0.15, -0.1) is 11.3 Å². The fourth-order valence-electron chi connectivity index (χ4n) is 5.38. The molecule has 1 saturated carbocycles. The van der Waals surface area contributed by atoms with Crippen LogP contribution in [0.15, 0.2) is 46.5 Å². The molecule has 1 aliphatic heterocycles. The number of fused-ring (bicyclic) bond motifs is 1. The number of amides is 1. The van der Waals surface area contributed by atoms with Crippen LogP contribution in [0.25, 0.3) is 10.1 Å². The molecule has 1 N–H and O–H groups in total. The van der Waals surface area contributed by atoms with E-state index >= 15 is 0 Å². The zero-order valence-corrected chi connectivity index (χ0v) is 20.2. The Hall–Kier alpha value is -2.59. The molecule has 2 fully saturated rings. The van der Waals surface area contributed by atoms with Crippen LogP contribution in [0.2, 0.25) is 0 Å². The fraction of sp³-hybridized carbons (Fsp3) is 0.520. The van der Waals surface area contributed by atoms with Crippen LogP contribution < -0.4 is 10.2 Å². The summed E-state index contributed by atoms with van der Waals surface area (Å²) < 4.78 is 48.4. The van der Waals surface area contributed by atoms with Crippen LogP contribution in [-0.4, -0.2) is 60.2 Å². The summed E-state index contributed by atoms with van der Waals surface area (Å²) in [5.41, 5.74) is 0.677. The average Bonchev–Trinajstić information content (AvgIpc) is 3.55. The number of nitrogens with one attached hydrogen (secondary N) is 1. The number of thiophene rings is 1. The maximum atomic E-state index is 14.1. The standard InChI is InChI=1S/C25H29F3N4O2S/c26-25(27,28)22-16-31(12-13-32(22)20-2-1-3-21-19(20)9-15-35-21)11-8-17-4-6-18(7-5-17)30-23(33)24-29-10-14-34-24/h1-3,9-10,14-15,17-18,22H,4-8,11-13,16H2,(H,30,33)/t17?,18?,22-/m0/s1. The minimum absolute atomic E-state index is 0.00836. The molecule has 188 valence electrons. The first-order valence-corrected chi connectivity index (χ1v) is 13.0. The van der Waals surface area contributed by atoms with Gasteiger partial charge in [-0.3, -0.25) is 9.69 Å². The van der Waals surface area contributed by atoms with Gasteiger partial charge < -0.3 is 14.6 Å². The number of alkyl halides is 3. The molecule has 6 nitrogen and oxygen atoms in total. The molecule has 1 saturated heterocycles. The molecule has 0 radical (unpaired) electrons. The Kier molecular flexibility index (Phi) is 7.02. The molecule has 2 aromatic heterocycles. The fourth-order valence-corrected chi connectivity index (χ4v) is 6.19. The number of aromatic nitrogens is 1. The number of piperazine rings is 1. The van der Waals surface area contributed by atoms with Crippen LogP contribution >= 0.6 is 11.3 Å². The number of rotatable bonds is 6. The lowest BCUT2D eigenvalue weighted by Crippen LogP contribution is -2.59. The first kappa shape index (κ1) is 24.1. The average molecular weight is 507 g/mol. The molecule has 0 unspecified atom stereocenters. The van der Waals surface area contributed by atoms with E-state index in [1.54, 1.807) is 16.2 Å². The highest BCUT2D eigenvalue weighted by atomic mass is 32.1. The van der Waals surface area contributed by atoms with Crippen molar-refractivity contribution in [1.29, 1.82) is 0 Å². The Balaban J connectivity index is 1.14. The first-order valence-electron chi connectivity index (χ1n) is 12.1. The van der Waals surface area contributed by atoms with Gasteiger partial charge >= 0.3 is 12.1 Å². The summed E-state index contributed by atoms with van der Waals surface area (Å²) in [5, 5.41) is 5.79. The Bertz CT molecular complexity index is 1130. The Morgan fingerprint density at radius 2 is 2.00 bits per heavy atom. The quantitative estimate of drug-likeness (QED) is 0.490. The number of carbonyl (C=O) groups excluding carboxylic acids is 1. The highest BCUT2D eigenvalue weighted by molar-refractivity contribution is 7.17. The van der Waals surface area contributed by atoms with Crippen LogP contribution in [0.5, 0.6) is 0 Å². The van der Waals surface area contributed by atoms with Gasteiger partial charge in [0.05, 0.1) is 6.20 Å². The molecule has 1 amide bonds. The van der Waals surface area contributed by atoms with E-state index < -0.39 is 12.2 Å². The van der Waals surface area contributed by atoms with Gasteiger partial charge in [0.25, 0.3) is 5.89 Å². The summed E-state index contributed by atoms with van der Waals surface area (Å²) in [6, 6.07) is 6.10. The SMILES string of the molecule is O=C(NC1CCC(CCN2CCN(c3cccc4sccc34)[C@H](C(F)(F)F)C2)CC1)c1ncco1. The molecule has 0 bridgehead atoms. The lowest BCUT2D eigenvalue weighted by molar-refractivity contribution is -0.156. The van der Waals surface area contributed by atoms with Gasteiger partial charge in [0, 0.05) is 41.4 Å². The van der Waals surface area contributed by atoms with Gasteiger partial charge in [-0.25, -0.2) is 4.98 Å². The summed E-state index contributed by atoms with van der Waals surface area (Å²) in [6.07, 6.45) is 3.04. The van der Waals surface area contributed by atoms with E-state index in [9.17, 15) is 18.0 Å². The van der Waals surface area contributed by atoms with E-state index in [1.807, 2.05) is 34.5 Å². The number of anilines is 1. The molecule has 10 heteroatoms. The molecule has 3 heterocycles. The van der Waals surface area contributed by atoms with Gasteiger partial charge in [0.1, 0.15) is 12.3 Å². The second kappa shape index (κ2) is 10.2. The normalized spacial score (nSPS) is 24.1. The van der Waals surface area contributed by atoms with E-state index in [2.05, 4.69) is 10.3 Å². The summed E-state index contributed by atoms with van der Waals surface area (Å²) in [7, 11) is 0. The second-order valence-corrected chi connectivity index (χ2v) is 10.4. The number of hydrogen-bond acceptors (Lipinski definition) is 6. The predicted molar refractivity (Wildman–Crippen MR) is 130 cm³/mol. The van der Waals surface area contributed by atoms with E-state index in [0.717, 1.165) is 42.2 Å². The molecule has 35 heavy (non-hydrogen) atoms. The predicted octanol–water partition coefficient (Wildman–Crippen LogP) is 5.32. The van der Waals surface area contributed by atoms with Crippen LogP contribution in [-0.2, 0) is 0 Å². The Morgan fingerprint density at radius 1 is 1.17 bits per heavy atom. The topological polar surface area (TPSA) is 61.6 Å². The minimum Gasteiger partial charge on any atom is -0.441 e. The van der Waals surface area contributed by atoms with Crippen molar-refractivity contribution in [1.82, 2.24) is 15.2 Å². The second-order valence-electron chi connectivity index (χ2n) is 9.48. The van der Waals surface area contributed by atoms with E-state index in [1.165, 1.54) is 12.5 Å². The minimum atomic E-state index is -4.30. The lowest BCUT2D eigenvalue weighted by Gasteiger charge is -2.44.